The summed E-state index contributed by atoms with van der Waals surface area (Å²) in [7, 11) is 2.95. The number of thiophene rings is 1. The fourth-order valence-corrected chi connectivity index (χ4v) is 4.68. The van der Waals surface area contributed by atoms with Gasteiger partial charge in [-0.2, -0.15) is 5.10 Å². The summed E-state index contributed by atoms with van der Waals surface area (Å²) in [6.45, 7) is 1.23. The fraction of sp³-hybridized carbons (Fsp3) is 0.409. The molecule has 2 aromatic rings. The molecule has 3 amide bonds. The van der Waals surface area contributed by atoms with Crippen molar-refractivity contribution in [3.05, 3.63) is 50.1 Å². The number of nitrogens with zero attached hydrogens (tertiary/aromatic N) is 4. The quantitative estimate of drug-likeness (QED) is 0.694. The van der Waals surface area contributed by atoms with Gasteiger partial charge in [0.05, 0.1) is 13.7 Å². The number of hydrogen-bond donors (Lipinski definition) is 1. The molecule has 0 saturated carbocycles. The Morgan fingerprint density at radius 1 is 1.18 bits per heavy atom. The van der Waals surface area contributed by atoms with Gasteiger partial charge >= 0.3 is 0 Å². The molecule has 2 aliphatic rings. The van der Waals surface area contributed by atoms with Crippen LogP contribution in [0.2, 0.25) is 0 Å². The molecule has 174 valence electrons. The number of amides is 3. The Morgan fingerprint density at radius 2 is 2.00 bits per heavy atom. The van der Waals surface area contributed by atoms with E-state index < -0.39 is 0 Å². The lowest BCUT2D eigenvalue weighted by molar-refractivity contribution is -0.130. The molecule has 0 saturated heterocycles. The zero-order valence-corrected chi connectivity index (χ0v) is 19.3. The molecule has 1 N–H and O–H groups in total. The minimum atomic E-state index is -0.333. The van der Waals surface area contributed by atoms with Crippen LogP contribution < -0.4 is 15.6 Å². The molecule has 0 bridgehead atoms. The Morgan fingerprint density at radius 3 is 2.70 bits per heavy atom. The van der Waals surface area contributed by atoms with E-state index in [1.165, 1.54) is 29.8 Å². The average molecular weight is 472 g/mol. The molecule has 0 atom stereocenters. The van der Waals surface area contributed by atoms with Gasteiger partial charge in [0.15, 0.2) is 0 Å². The molecule has 0 unspecified atom stereocenters. The number of ether oxygens (including phenoxy) is 1. The Kier molecular flexibility index (Phi) is 6.59. The number of rotatable bonds is 5. The molecule has 33 heavy (non-hydrogen) atoms. The number of hydrazone groups is 1. The Hall–Kier alpha value is -3.47. The van der Waals surface area contributed by atoms with Crippen LogP contribution in [-0.2, 0) is 29.1 Å². The third-order valence-electron chi connectivity index (χ3n) is 5.79. The third kappa shape index (κ3) is 4.68. The number of pyridine rings is 1. The van der Waals surface area contributed by atoms with Crippen LogP contribution in [-0.4, -0.2) is 65.2 Å². The highest BCUT2D eigenvalue weighted by Gasteiger charge is 2.30. The second-order valence-electron chi connectivity index (χ2n) is 7.79. The van der Waals surface area contributed by atoms with Crippen molar-refractivity contribution in [1.82, 2.24) is 19.8 Å². The van der Waals surface area contributed by atoms with Gasteiger partial charge in [0.2, 0.25) is 5.91 Å². The van der Waals surface area contributed by atoms with Crippen LogP contribution in [0.15, 0.2) is 33.5 Å². The first-order valence-corrected chi connectivity index (χ1v) is 11.5. The standard InChI is InChI=1S/C22H25N5O5S/c1-25-18(28)6-5-15(24-25)22(31)26-8-7-16-20(21(30)23-13-14-4-3-11-33-14)17(32-2)12-19(29)27(16)10-9-26/h3-4,11-12H,5-10,13H2,1-2H3,(H,23,30). The van der Waals surface area contributed by atoms with E-state index in [-0.39, 0.29) is 48.4 Å². The molecular weight excluding hydrogens is 446 g/mol. The highest BCUT2D eigenvalue weighted by molar-refractivity contribution is 7.09. The summed E-state index contributed by atoms with van der Waals surface area (Å²) in [6.07, 6.45) is 0.831. The van der Waals surface area contributed by atoms with E-state index in [0.29, 0.717) is 43.0 Å². The Labute approximate surface area is 194 Å². The van der Waals surface area contributed by atoms with Gasteiger partial charge in [0.1, 0.15) is 17.0 Å². The van der Waals surface area contributed by atoms with E-state index >= 15 is 0 Å². The van der Waals surface area contributed by atoms with Crippen LogP contribution in [0.5, 0.6) is 5.75 Å². The highest BCUT2D eigenvalue weighted by Crippen LogP contribution is 2.23. The molecule has 4 rings (SSSR count). The van der Waals surface area contributed by atoms with E-state index in [0.717, 1.165) is 4.88 Å². The van der Waals surface area contributed by atoms with Gasteiger partial charge in [0, 0.05) is 62.6 Å². The first-order chi connectivity index (χ1) is 15.9. The normalized spacial score (nSPS) is 16.1. The van der Waals surface area contributed by atoms with Gasteiger partial charge in [-0.3, -0.25) is 19.2 Å². The minimum Gasteiger partial charge on any atom is -0.496 e. The lowest BCUT2D eigenvalue weighted by Crippen LogP contribution is -2.42. The number of carbonyl (C=O) groups is 3. The average Bonchev–Trinajstić information content (AvgIpc) is 3.23. The predicted octanol–water partition coefficient (Wildman–Crippen LogP) is 0.841. The summed E-state index contributed by atoms with van der Waals surface area (Å²) in [4.78, 5) is 53.2. The van der Waals surface area contributed by atoms with Crippen LogP contribution >= 0.6 is 11.3 Å². The second-order valence-corrected chi connectivity index (χ2v) is 8.82. The van der Waals surface area contributed by atoms with Crippen molar-refractivity contribution in [1.29, 1.82) is 0 Å². The second kappa shape index (κ2) is 9.57. The topological polar surface area (TPSA) is 113 Å². The van der Waals surface area contributed by atoms with E-state index in [2.05, 4.69) is 10.4 Å². The largest absolute Gasteiger partial charge is 0.496 e. The van der Waals surface area contributed by atoms with Gasteiger partial charge in [-0.05, 0) is 11.4 Å². The van der Waals surface area contributed by atoms with Crippen molar-refractivity contribution in [2.45, 2.75) is 32.4 Å². The lowest BCUT2D eigenvalue weighted by Gasteiger charge is -2.24. The molecular formula is C22H25N5O5S. The maximum atomic E-state index is 13.1. The van der Waals surface area contributed by atoms with Gasteiger partial charge in [-0.15, -0.1) is 11.3 Å². The van der Waals surface area contributed by atoms with Crippen molar-refractivity contribution >= 4 is 34.8 Å². The number of nitrogens with one attached hydrogen (secondary N) is 1. The Balaban J connectivity index is 1.59. The summed E-state index contributed by atoms with van der Waals surface area (Å²) < 4.78 is 6.91. The molecule has 2 aliphatic heterocycles. The summed E-state index contributed by atoms with van der Waals surface area (Å²) in [5, 5.41) is 10.1. The predicted molar refractivity (Wildman–Crippen MR) is 122 cm³/mol. The molecule has 0 fully saturated rings. The van der Waals surface area contributed by atoms with Gasteiger partial charge < -0.3 is 19.5 Å². The number of carbonyl (C=O) groups excluding carboxylic acids is 3. The van der Waals surface area contributed by atoms with E-state index in [1.54, 1.807) is 16.2 Å². The van der Waals surface area contributed by atoms with Gasteiger partial charge in [0.25, 0.3) is 17.4 Å². The lowest BCUT2D eigenvalue weighted by atomic mass is 10.1. The van der Waals surface area contributed by atoms with Crippen LogP contribution in [0, 0.1) is 0 Å². The van der Waals surface area contributed by atoms with Crippen molar-refractivity contribution < 1.29 is 19.1 Å². The highest BCUT2D eigenvalue weighted by atomic mass is 32.1. The van der Waals surface area contributed by atoms with Crippen molar-refractivity contribution in [2.75, 3.05) is 27.2 Å². The zero-order valence-electron chi connectivity index (χ0n) is 18.5. The molecule has 0 aromatic carbocycles. The Bertz CT molecular complexity index is 1170. The van der Waals surface area contributed by atoms with E-state index in [9.17, 15) is 19.2 Å². The van der Waals surface area contributed by atoms with Gasteiger partial charge in [-0.25, -0.2) is 5.01 Å². The SMILES string of the molecule is COc1cc(=O)n2c(c1C(=O)NCc1cccs1)CCN(C(=O)C1=NN(C)C(=O)CC1)CC2. The van der Waals surface area contributed by atoms with Crippen LogP contribution in [0.4, 0.5) is 0 Å². The van der Waals surface area contributed by atoms with E-state index in [1.807, 2.05) is 17.5 Å². The van der Waals surface area contributed by atoms with Crippen molar-refractivity contribution in [3.8, 4) is 5.75 Å². The number of methoxy groups -OCH3 is 1. The number of fused-ring (bicyclic) bond motifs is 1. The van der Waals surface area contributed by atoms with Crippen molar-refractivity contribution in [3.63, 3.8) is 0 Å². The summed E-state index contributed by atoms with van der Waals surface area (Å²) >= 11 is 1.54. The molecule has 4 heterocycles. The molecule has 11 heteroatoms. The maximum absolute atomic E-state index is 13.1. The molecule has 0 aliphatic carbocycles. The van der Waals surface area contributed by atoms with Gasteiger partial charge in [-0.1, -0.05) is 6.07 Å². The molecule has 0 radical (unpaired) electrons. The monoisotopic (exact) mass is 471 g/mol. The fourth-order valence-electron chi connectivity index (χ4n) is 4.03. The maximum Gasteiger partial charge on any atom is 0.270 e. The van der Waals surface area contributed by atoms with Crippen LogP contribution in [0.25, 0.3) is 0 Å². The summed E-state index contributed by atoms with van der Waals surface area (Å²) in [5.74, 6) is -0.510. The van der Waals surface area contributed by atoms with E-state index in [4.69, 9.17) is 4.74 Å². The zero-order chi connectivity index (χ0) is 23.5. The third-order valence-corrected chi connectivity index (χ3v) is 6.66. The molecule has 10 nitrogen and oxygen atoms in total. The van der Waals surface area contributed by atoms with Crippen LogP contribution in [0.1, 0.15) is 33.8 Å². The smallest absolute Gasteiger partial charge is 0.270 e. The minimum absolute atomic E-state index is 0.133. The summed E-state index contributed by atoms with van der Waals surface area (Å²) in [6, 6.07) is 5.16. The van der Waals surface area contributed by atoms with Crippen molar-refractivity contribution in [2.24, 2.45) is 5.10 Å². The molecule has 0 spiro atoms. The summed E-state index contributed by atoms with van der Waals surface area (Å²) in [5.41, 5.74) is 0.882. The molecule has 2 aromatic heterocycles. The number of aromatic nitrogens is 1. The number of hydrogen-bond acceptors (Lipinski definition) is 7. The first-order valence-electron chi connectivity index (χ1n) is 10.6. The first kappa shape index (κ1) is 22.7. The van der Waals surface area contributed by atoms with Crippen LogP contribution in [0.3, 0.4) is 0 Å².